The fourth-order valence-electron chi connectivity index (χ4n) is 0.584. The first-order chi connectivity index (χ1) is 4.74. The molecule has 0 aromatic heterocycles. The van der Waals surface area contributed by atoms with E-state index in [2.05, 4.69) is 0 Å². The van der Waals surface area contributed by atoms with Crippen molar-refractivity contribution in [2.75, 3.05) is 7.11 Å². The third-order valence-electron chi connectivity index (χ3n) is 1.23. The Bertz CT molecular complexity index is 74.0. The normalized spacial score (nSPS) is 16.8. The van der Waals surface area contributed by atoms with E-state index in [9.17, 15) is 0 Å². The van der Waals surface area contributed by atoms with Gasteiger partial charge in [-0.05, 0) is 12.8 Å². The van der Waals surface area contributed by atoms with Crippen LogP contribution in [0.15, 0.2) is 0 Å². The van der Waals surface area contributed by atoms with Crippen LogP contribution in [0.5, 0.6) is 0 Å². The summed E-state index contributed by atoms with van der Waals surface area (Å²) in [5, 5.41) is 0. The summed E-state index contributed by atoms with van der Waals surface area (Å²) in [6.45, 7) is 4.01. The smallest absolute Gasteiger partial charge is 0.158 e. The molecule has 61 valence electrons. The zero-order valence-corrected chi connectivity index (χ0v) is 7.61. The highest BCUT2D eigenvalue weighted by Crippen LogP contribution is 2.08. The fourth-order valence-corrected chi connectivity index (χ4v) is 0.708. The Hall–Kier alpha value is 0.270. The Morgan fingerprint density at radius 2 is 1.90 bits per heavy atom. The number of ether oxygens (including phenoxy) is 2. The van der Waals surface area contributed by atoms with Crippen LogP contribution in [0.4, 0.5) is 0 Å². The van der Waals surface area contributed by atoms with Gasteiger partial charge < -0.3 is 9.47 Å². The van der Waals surface area contributed by atoms with E-state index in [1.807, 2.05) is 13.8 Å². The van der Waals surface area contributed by atoms with Gasteiger partial charge in [0.05, 0.1) is 0 Å². The molecule has 0 heterocycles. The van der Waals surface area contributed by atoms with Gasteiger partial charge in [0.15, 0.2) is 6.29 Å². The summed E-state index contributed by atoms with van der Waals surface area (Å²) >= 11 is 4.95. The molecule has 2 atom stereocenters. The van der Waals surface area contributed by atoms with Crippen LogP contribution in [-0.4, -0.2) is 18.8 Å². The minimum Gasteiger partial charge on any atom is -0.356 e. The zero-order chi connectivity index (χ0) is 7.98. The molecule has 0 bridgehead atoms. The second-order valence-corrected chi connectivity index (χ2v) is 2.57. The van der Waals surface area contributed by atoms with E-state index in [0.29, 0.717) is 0 Å². The van der Waals surface area contributed by atoms with Crippen molar-refractivity contribution in [3.8, 4) is 0 Å². The van der Waals surface area contributed by atoms with Gasteiger partial charge in [0.25, 0.3) is 0 Å². The van der Waals surface area contributed by atoms with Gasteiger partial charge in [0, 0.05) is 7.11 Å². The Morgan fingerprint density at radius 3 is 2.20 bits per heavy atom. The fraction of sp³-hybridized carbons (Fsp3) is 1.00. The summed E-state index contributed by atoms with van der Waals surface area (Å²) < 4.78 is 10.3. The second-order valence-electron chi connectivity index (χ2n) is 2.05. The molecule has 0 aliphatic rings. The minimum absolute atomic E-state index is 0.107. The predicted molar refractivity (Wildman–Crippen MR) is 43.8 cm³/mol. The first-order valence-corrected chi connectivity index (χ1v) is 4.05. The van der Waals surface area contributed by atoms with Crippen molar-refractivity contribution in [2.24, 2.45) is 0 Å². The molecule has 10 heavy (non-hydrogen) atoms. The molecule has 0 amide bonds. The molecule has 0 aromatic rings. The molecule has 0 rings (SSSR count). The third kappa shape index (κ3) is 4.14. The van der Waals surface area contributed by atoms with Crippen molar-refractivity contribution in [1.29, 1.82) is 0 Å². The van der Waals surface area contributed by atoms with E-state index in [0.717, 1.165) is 12.8 Å². The lowest BCUT2D eigenvalue weighted by Gasteiger charge is -2.17. The summed E-state index contributed by atoms with van der Waals surface area (Å²) in [7, 11) is 1.63. The van der Waals surface area contributed by atoms with Gasteiger partial charge in [-0.3, -0.25) is 0 Å². The Kier molecular flexibility index (Phi) is 6.17. The number of methoxy groups -OCH3 is 1. The van der Waals surface area contributed by atoms with Crippen LogP contribution in [0.25, 0.3) is 0 Å². The highest BCUT2D eigenvalue weighted by atomic mass is 32.1. The summed E-state index contributed by atoms with van der Waals surface area (Å²) in [6.07, 6.45) is 1.58. The molecular formula is C7H15O2S. The average molecular weight is 163 g/mol. The highest BCUT2D eigenvalue weighted by molar-refractivity contribution is 7.80. The van der Waals surface area contributed by atoms with E-state index in [1.165, 1.54) is 0 Å². The Balaban J connectivity index is 3.41. The van der Waals surface area contributed by atoms with Crippen LogP contribution in [0, 0.1) is 0 Å². The quantitative estimate of drug-likeness (QED) is 0.579. The van der Waals surface area contributed by atoms with Crippen LogP contribution < -0.4 is 0 Å². The molecule has 0 saturated carbocycles. The van der Waals surface area contributed by atoms with Crippen molar-refractivity contribution in [1.82, 2.24) is 0 Å². The lowest BCUT2D eigenvalue weighted by molar-refractivity contribution is -0.133. The van der Waals surface area contributed by atoms with E-state index < -0.39 is 0 Å². The largest absolute Gasteiger partial charge is 0.356 e. The summed E-state index contributed by atoms with van der Waals surface area (Å²) in [5.74, 6) is 0. The highest BCUT2D eigenvalue weighted by Gasteiger charge is 2.08. The number of rotatable bonds is 5. The van der Waals surface area contributed by atoms with Crippen molar-refractivity contribution in [3.05, 3.63) is 0 Å². The molecule has 2 nitrogen and oxygen atoms in total. The van der Waals surface area contributed by atoms with Crippen LogP contribution in [0.3, 0.4) is 0 Å². The number of hydrogen-bond acceptors (Lipinski definition) is 2. The first kappa shape index (κ1) is 10.3. The van der Waals surface area contributed by atoms with Crippen LogP contribution in [-0.2, 0) is 9.47 Å². The Morgan fingerprint density at radius 1 is 1.30 bits per heavy atom. The summed E-state index contributed by atoms with van der Waals surface area (Å²) in [4.78, 5) is 0. The van der Waals surface area contributed by atoms with Gasteiger partial charge >= 0.3 is 0 Å². The van der Waals surface area contributed by atoms with Crippen LogP contribution in [0.2, 0.25) is 0 Å². The van der Waals surface area contributed by atoms with Gasteiger partial charge in [-0.15, -0.1) is 0 Å². The number of hydrogen-bond donors (Lipinski definition) is 0. The van der Waals surface area contributed by atoms with Crippen molar-refractivity contribution < 1.29 is 9.47 Å². The van der Waals surface area contributed by atoms with E-state index in [1.54, 1.807) is 7.11 Å². The zero-order valence-electron chi connectivity index (χ0n) is 6.79. The molecule has 2 unspecified atom stereocenters. The van der Waals surface area contributed by atoms with Crippen molar-refractivity contribution >= 4 is 12.6 Å². The van der Waals surface area contributed by atoms with Gasteiger partial charge in [-0.1, -0.05) is 26.5 Å². The van der Waals surface area contributed by atoms with E-state index in [-0.39, 0.29) is 11.7 Å². The van der Waals surface area contributed by atoms with Crippen molar-refractivity contribution in [3.63, 3.8) is 0 Å². The van der Waals surface area contributed by atoms with Crippen LogP contribution in [0.1, 0.15) is 26.7 Å². The molecule has 1 radical (unpaired) electrons. The molecule has 0 fully saturated rings. The molecule has 0 saturated heterocycles. The monoisotopic (exact) mass is 163 g/mol. The predicted octanol–water partition coefficient (Wildman–Crippen LogP) is 2.32. The molecule has 0 aromatic carbocycles. The lowest BCUT2D eigenvalue weighted by atomic mass is 10.4. The first-order valence-electron chi connectivity index (χ1n) is 3.58. The van der Waals surface area contributed by atoms with Gasteiger partial charge in [0.1, 0.15) is 5.44 Å². The SMILES string of the molecule is CCC([S])OC(CC)OC. The third-order valence-corrected chi connectivity index (χ3v) is 1.68. The molecule has 3 heteroatoms. The van der Waals surface area contributed by atoms with Crippen LogP contribution >= 0.6 is 12.6 Å². The standard InChI is InChI=1S/C7H15O2S/c1-4-6(8-3)9-7(10)5-2/h6-7H,4-5H2,1-3H3. The topological polar surface area (TPSA) is 18.5 Å². The molecule has 0 N–H and O–H groups in total. The molecular weight excluding hydrogens is 148 g/mol. The molecule has 0 aliphatic heterocycles. The molecule has 0 spiro atoms. The van der Waals surface area contributed by atoms with E-state index in [4.69, 9.17) is 22.1 Å². The van der Waals surface area contributed by atoms with Gasteiger partial charge in [-0.2, -0.15) is 0 Å². The van der Waals surface area contributed by atoms with Gasteiger partial charge in [0.2, 0.25) is 0 Å². The van der Waals surface area contributed by atoms with Crippen molar-refractivity contribution in [2.45, 2.75) is 38.4 Å². The second kappa shape index (κ2) is 6.01. The summed E-state index contributed by atoms with van der Waals surface area (Å²) in [5.41, 5.74) is -0.107. The minimum atomic E-state index is -0.123. The molecule has 0 aliphatic carbocycles. The lowest BCUT2D eigenvalue weighted by Crippen LogP contribution is -2.18. The maximum Gasteiger partial charge on any atom is 0.158 e. The van der Waals surface area contributed by atoms with Gasteiger partial charge in [-0.25, -0.2) is 0 Å². The average Bonchev–Trinajstić information content (AvgIpc) is 1.99. The maximum atomic E-state index is 5.29. The summed E-state index contributed by atoms with van der Waals surface area (Å²) in [6, 6.07) is 0. The van der Waals surface area contributed by atoms with E-state index >= 15 is 0 Å². The Labute approximate surface area is 68.3 Å². The maximum absolute atomic E-state index is 5.29.